The van der Waals surface area contributed by atoms with Crippen LogP contribution in [-0.4, -0.2) is 26.9 Å². The fourth-order valence-electron chi connectivity index (χ4n) is 1.93. The third-order valence-corrected chi connectivity index (χ3v) is 3.05. The Morgan fingerprint density at radius 1 is 1.21 bits per heavy atom. The van der Waals surface area contributed by atoms with E-state index in [1.807, 2.05) is 12.1 Å². The molecule has 0 heterocycles. The first-order chi connectivity index (χ1) is 9.26. The molecule has 0 saturated carbocycles. The van der Waals surface area contributed by atoms with Crippen molar-refractivity contribution in [3.8, 4) is 5.75 Å². The third kappa shape index (κ3) is 7.19. The van der Waals surface area contributed by atoms with E-state index in [0.29, 0.717) is 5.92 Å². The van der Waals surface area contributed by atoms with Gasteiger partial charge in [-0.3, -0.25) is 0 Å². The largest absolute Gasteiger partial charge is 0.493 e. The normalized spacial score (nSPS) is 12.4. The second kappa shape index (κ2) is 9.82. The number of hydrogen-bond acceptors (Lipinski definition) is 3. The molecule has 19 heavy (non-hydrogen) atoms. The van der Waals surface area contributed by atoms with Crippen LogP contribution in [0.2, 0.25) is 0 Å². The first kappa shape index (κ1) is 16.0. The molecule has 1 N–H and O–H groups in total. The molecule has 1 unspecified atom stereocenters. The Balaban J connectivity index is 2.27. The molecule has 0 aliphatic carbocycles. The van der Waals surface area contributed by atoms with E-state index in [4.69, 9.17) is 9.47 Å². The molecule has 1 atom stereocenters. The van der Waals surface area contributed by atoms with Gasteiger partial charge in [-0.2, -0.15) is 0 Å². The molecule has 0 bridgehead atoms. The minimum atomic E-state index is 0.625. The van der Waals surface area contributed by atoms with Gasteiger partial charge in [-0.25, -0.2) is 0 Å². The summed E-state index contributed by atoms with van der Waals surface area (Å²) in [7, 11) is 1.72. The molecule has 0 aliphatic heterocycles. The molecule has 0 aromatic heterocycles. The average molecular weight is 265 g/mol. The van der Waals surface area contributed by atoms with Gasteiger partial charge in [0.05, 0.1) is 13.2 Å². The van der Waals surface area contributed by atoms with Gasteiger partial charge in [0.1, 0.15) is 5.75 Å². The van der Waals surface area contributed by atoms with Gasteiger partial charge in [0.2, 0.25) is 0 Å². The van der Waals surface area contributed by atoms with E-state index >= 15 is 0 Å². The van der Waals surface area contributed by atoms with Crippen molar-refractivity contribution >= 4 is 0 Å². The molecular weight excluding hydrogens is 238 g/mol. The predicted molar refractivity (Wildman–Crippen MR) is 79.6 cm³/mol. The minimum Gasteiger partial charge on any atom is -0.493 e. The van der Waals surface area contributed by atoms with Gasteiger partial charge in [-0.05, 0) is 30.0 Å². The van der Waals surface area contributed by atoms with Crippen LogP contribution >= 0.6 is 0 Å². The van der Waals surface area contributed by atoms with Gasteiger partial charge in [-0.15, -0.1) is 0 Å². The number of benzene rings is 1. The van der Waals surface area contributed by atoms with Gasteiger partial charge in [0.15, 0.2) is 0 Å². The number of ether oxygens (including phenoxy) is 2. The summed E-state index contributed by atoms with van der Waals surface area (Å²) in [6.45, 7) is 7.74. The molecule has 0 fully saturated rings. The number of rotatable bonds is 10. The Kier molecular flexibility index (Phi) is 8.26. The fraction of sp³-hybridized carbons (Fsp3) is 0.625. The zero-order valence-corrected chi connectivity index (χ0v) is 12.4. The number of methoxy groups -OCH3 is 1. The van der Waals surface area contributed by atoms with Gasteiger partial charge >= 0.3 is 0 Å². The second-order valence-electron chi connectivity index (χ2n) is 5.02. The Morgan fingerprint density at radius 3 is 2.58 bits per heavy atom. The van der Waals surface area contributed by atoms with Crippen molar-refractivity contribution in [2.24, 2.45) is 5.92 Å². The van der Waals surface area contributed by atoms with E-state index in [9.17, 15) is 0 Å². The highest BCUT2D eigenvalue weighted by Gasteiger charge is 2.02. The van der Waals surface area contributed by atoms with Crippen LogP contribution in [0.3, 0.4) is 0 Å². The van der Waals surface area contributed by atoms with Gasteiger partial charge < -0.3 is 14.8 Å². The summed E-state index contributed by atoms with van der Waals surface area (Å²) < 4.78 is 10.8. The fourth-order valence-corrected chi connectivity index (χ4v) is 1.93. The van der Waals surface area contributed by atoms with Gasteiger partial charge in [-0.1, -0.05) is 32.4 Å². The van der Waals surface area contributed by atoms with Crippen LogP contribution in [0, 0.1) is 5.92 Å². The number of hydrogen-bond donors (Lipinski definition) is 1. The minimum absolute atomic E-state index is 0.625. The molecule has 108 valence electrons. The van der Waals surface area contributed by atoms with E-state index in [1.165, 1.54) is 18.4 Å². The predicted octanol–water partition coefficient (Wildman–Crippen LogP) is 3.24. The van der Waals surface area contributed by atoms with Crippen LogP contribution in [0.5, 0.6) is 5.75 Å². The SMILES string of the molecule is CCCC(C)COc1ccc(CNCCOC)cc1. The van der Waals surface area contributed by atoms with Crippen molar-refractivity contribution in [3.05, 3.63) is 29.8 Å². The Bertz CT molecular complexity index is 324. The van der Waals surface area contributed by atoms with E-state index in [1.54, 1.807) is 7.11 Å². The molecule has 3 heteroatoms. The lowest BCUT2D eigenvalue weighted by atomic mass is 10.1. The average Bonchev–Trinajstić information content (AvgIpc) is 2.43. The molecule has 0 aliphatic rings. The second-order valence-corrected chi connectivity index (χ2v) is 5.02. The van der Waals surface area contributed by atoms with E-state index in [2.05, 4.69) is 31.3 Å². The maximum absolute atomic E-state index is 5.78. The third-order valence-electron chi connectivity index (χ3n) is 3.05. The Labute approximate surface area is 117 Å². The molecule has 0 radical (unpaired) electrons. The lowest BCUT2D eigenvalue weighted by molar-refractivity contribution is 0.199. The van der Waals surface area contributed by atoms with E-state index < -0.39 is 0 Å². The first-order valence-corrected chi connectivity index (χ1v) is 7.17. The van der Waals surface area contributed by atoms with Crippen LogP contribution in [0.15, 0.2) is 24.3 Å². The Morgan fingerprint density at radius 2 is 1.95 bits per heavy atom. The zero-order chi connectivity index (χ0) is 13.9. The molecule has 1 aromatic rings. The molecule has 0 spiro atoms. The van der Waals surface area contributed by atoms with Crippen LogP contribution in [0.1, 0.15) is 32.3 Å². The van der Waals surface area contributed by atoms with Crippen LogP contribution in [0.4, 0.5) is 0 Å². The van der Waals surface area contributed by atoms with Crippen molar-refractivity contribution in [1.29, 1.82) is 0 Å². The number of nitrogens with one attached hydrogen (secondary N) is 1. The maximum Gasteiger partial charge on any atom is 0.119 e. The summed E-state index contributed by atoms with van der Waals surface area (Å²) in [6.07, 6.45) is 2.44. The molecule has 1 rings (SSSR count). The molecule has 0 saturated heterocycles. The van der Waals surface area contributed by atoms with Crippen molar-refractivity contribution in [1.82, 2.24) is 5.32 Å². The molecular formula is C16H27NO2. The summed E-state index contributed by atoms with van der Waals surface area (Å²) in [5.74, 6) is 1.59. The van der Waals surface area contributed by atoms with Crippen molar-refractivity contribution in [2.45, 2.75) is 33.2 Å². The summed E-state index contributed by atoms with van der Waals surface area (Å²) >= 11 is 0. The van der Waals surface area contributed by atoms with Crippen molar-refractivity contribution in [2.75, 3.05) is 26.9 Å². The zero-order valence-electron chi connectivity index (χ0n) is 12.4. The Hall–Kier alpha value is -1.06. The van der Waals surface area contributed by atoms with Gasteiger partial charge in [0, 0.05) is 20.2 Å². The smallest absolute Gasteiger partial charge is 0.119 e. The topological polar surface area (TPSA) is 30.5 Å². The quantitative estimate of drug-likeness (QED) is 0.659. The van der Waals surface area contributed by atoms with Crippen molar-refractivity contribution < 1.29 is 9.47 Å². The van der Waals surface area contributed by atoms with E-state index in [-0.39, 0.29) is 0 Å². The highest BCUT2D eigenvalue weighted by molar-refractivity contribution is 5.27. The molecule has 1 aromatic carbocycles. The van der Waals surface area contributed by atoms with E-state index in [0.717, 1.165) is 32.1 Å². The summed E-state index contributed by atoms with van der Waals surface area (Å²) in [5.41, 5.74) is 1.27. The molecule has 3 nitrogen and oxygen atoms in total. The van der Waals surface area contributed by atoms with Crippen molar-refractivity contribution in [3.63, 3.8) is 0 Å². The van der Waals surface area contributed by atoms with Gasteiger partial charge in [0.25, 0.3) is 0 Å². The molecule has 0 amide bonds. The highest BCUT2D eigenvalue weighted by atomic mass is 16.5. The standard InChI is InChI=1S/C16H27NO2/c1-4-5-14(2)13-19-16-8-6-15(7-9-16)12-17-10-11-18-3/h6-9,14,17H,4-5,10-13H2,1-3H3. The summed E-state index contributed by atoms with van der Waals surface area (Å²) in [4.78, 5) is 0. The highest BCUT2D eigenvalue weighted by Crippen LogP contribution is 2.14. The lowest BCUT2D eigenvalue weighted by Crippen LogP contribution is -2.18. The maximum atomic E-state index is 5.78. The lowest BCUT2D eigenvalue weighted by Gasteiger charge is -2.12. The van der Waals surface area contributed by atoms with Crippen LogP contribution in [-0.2, 0) is 11.3 Å². The van der Waals surface area contributed by atoms with Crippen LogP contribution in [0.25, 0.3) is 0 Å². The first-order valence-electron chi connectivity index (χ1n) is 7.17. The monoisotopic (exact) mass is 265 g/mol. The summed E-state index contributed by atoms with van der Waals surface area (Å²) in [5, 5.41) is 3.32. The van der Waals surface area contributed by atoms with Crippen LogP contribution < -0.4 is 10.1 Å². The summed E-state index contributed by atoms with van der Waals surface area (Å²) in [6, 6.07) is 8.32.